The Morgan fingerprint density at radius 1 is 1.30 bits per heavy atom. The van der Waals surface area contributed by atoms with Gasteiger partial charge in [0.25, 0.3) is 0 Å². The van der Waals surface area contributed by atoms with Crippen LogP contribution in [0.3, 0.4) is 0 Å². The van der Waals surface area contributed by atoms with Gasteiger partial charge in [0.2, 0.25) is 0 Å². The van der Waals surface area contributed by atoms with E-state index in [0.717, 1.165) is 6.54 Å². The van der Waals surface area contributed by atoms with Crippen molar-refractivity contribution >= 4 is 0 Å². The van der Waals surface area contributed by atoms with Crippen LogP contribution in [0.2, 0.25) is 0 Å². The summed E-state index contributed by atoms with van der Waals surface area (Å²) in [4.78, 5) is 2.64. The van der Waals surface area contributed by atoms with E-state index >= 15 is 0 Å². The Morgan fingerprint density at radius 2 is 2.00 bits per heavy atom. The lowest BCUT2D eigenvalue weighted by molar-refractivity contribution is 0.120. The monoisotopic (exact) mass is 278 g/mol. The molecular weight excluding hydrogens is 248 g/mol. The number of hydrogen-bond acceptors (Lipinski definition) is 3. The lowest BCUT2D eigenvalue weighted by atomic mass is 9.87. The van der Waals surface area contributed by atoms with Crippen LogP contribution < -0.4 is 5.73 Å². The second-order valence-corrected chi connectivity index (χ2v) is 6.48. The molecule has 1 aromatic rings. The molecule has 0 bridgehead atoms. The van der Waals surface area contributed by atoms with Gasteiger partial charge >= 0.3 is 0 Å². The van der Waals surface area contributed by atoms with Crippen LogP contribution in [0, 0.1) is 19.8 Å². The molecule has 2 unspecified atom stereocenters. The minimum Gasteiger partial charge on any atom is -0.330 e. The van der Waals surface area contributed by atoms with E-state index in [0.29, 0.717) is 18.0 Å². The molecule has 1 aromatic heterocycles. The van der Waals surface area contributed by atoms with Gasteiger partial charge in [-0.3, -0.25) is 9.58 Å². The maximum absolute atomic E-state index is 6.12. The average molecular weight is 278 g/mol. The maximum Gasteiger partial charge on any atom is 0.0644 e. The highest BCUT2D eigenvalue weighted by Gasteiger charge is 2.34. The molecule has 0 saturated carbocycles. The molecule has 2 heterocycles. The fraction of sp³-hybridized carbons (Fsp3) is 0.812. The van der Waals surface area contributed by atoms with Crippen LogP contribution in [0.5, 0.6) is 0 Å². The molecule has 1 saturated heterocycles. The molecule has 2 N–H and O–H groups in total. The Bertz CT molecular complexity index is 450. The van der Waals surface area contributed by atoms with Gasteiger partial charge in [-0.05, 0) is 59.5 Å². The molecule has 0 aliphatic carbocycles. The Balaban J connectivity index is 2.49. The van der Waals surface area contributed by atoms with Gasteiger partial charge in [0, 0.05) is 30.4 Å². The Labute approximate surface area is 123 Å². The van der Waals surface area contributed by atoms with Crippen molar-refractivity contribution < 1.29 is 0 Å². The van der Waals surface area contributed by atoms with Crippen molar-refractivity contribution in [3.05, 3.63) is 17.0 Å². The zero-order chi connectivity index (χ0) is 14.9. The van der Waals surface area contributed by atoms with Crippen LogP contribution >= 0.6 is 0 Å². The predicted octanol–water partition coefficient (Wildman–Crippen LogP) is 2.55. The van der Waals surface area contributed by atoms with Crippen molar-refractivity contribution in [2.45, 2.75) is 59.0 Å². The Kier molecular flexibility index (Phi) is 4.86. The largest absolute Gasteiger partial charge is 0.330 e. The van der Waals surface area contributed by atoms with Gasteiger partial charge in [-0.2, -0.15) is 5.10 Å². The van der Waals surface area contributed by atoms with Crippen LogP contribution in [0.4, 0.5) is 0 Å². The van der Waals surface area contributed by atoms with Gasteiger partial charge in [-0.1, -0.05) is 6.42 Å². The molecule has 0 spiro atoms. The van der Waals surface area contributed by atoms with Gasteiger partial charge in [0.05, 0.1) is 5.69 Å². The fourth-order valence-corrected chi connectivity index (χ4v) is 3.71. The van der Waals surface area contributed by atoms with E-state index in [2.05, 4.69) is 37.7 Å². The number of aromatic nitrogens is 2. The summed E-state index contributed by atoms with van der Waals surface area (Å²) in [5.74, 6) is 0.543. The van der Waals surface area contributed by atoms with Crippen molar-refractivity contribution in [2.75, 3.05) is 13.1 Å². The van der Waals surface area contributed by atoms with Crippen molar-refractivity contribution in [2.24, 2.45) is 18.7 Å². The van der Waals surface area contributed by atoms with E-state index in [9.17, 15) is 0 Å². The van der Waals surface area contributed by atoms with E-state index in [-0.39, 0.29) is 0 Å². The van der Waals surface area contributed by atoms with E-state index in [1.807, 2.05) is 11.7 Å². The minimum absolute atomic E-state index is 0.427. The SMILES string of the molecule is Cc1nn(C)c(C)c1C1C(CN)CCCCN1C(C)C. The summed E-state index contributed by atoms with van der Waals surface area (Å²) in [6.07, 6.45) is 3.81. The third-order valence-electron chi connectivity index (χ3n) is 4.87. The molecule has 20 heavy (non-hydrogen) atoms. The first-order valence-corrected chi connectivity index (χ1v) is 7.93. The summed E-state index contributed by atoms with van der Waals surface area (Å²) in [6, 6.07) is 0.974. The maximum atomic E-state index is 6.12. The highest BCUT2D eigenvalue weighted by molar-refractivity contribution is 5.29. The molecule has 2 rings (SSSR count). The Hall–Kier alpha value is -0.870. The number of aryl methyl sites for hydroxylation is 2. The first-order valence-electron chi connectivity index (χ1n) is 7.93. The molecule has 1 aliphatic rings. The molecule has 2 atom stereocenters. The molecule has 4 heteroatoms. The summed E-state index contributed by atoms with van der Waals surface area (Å²) >= 11 is 0. The number of nitrogens with zero attached hydrogens (tertiary/aromatic N) is 3. The first-order chi connectivity index (χ1) is 9.47. The molecule has 0 aromatic carbocycles. The lowest BCUT2D eigenvalue weighted by Gasteiger charge is -2.38. The zero-order valence-electron chi connectivity index (χ0n) is 13.7. The third kappa shape index (κ3) is 2.77. The summed E-state index contributed by atoms with van der Waals surface area (Å²) in [5.41, 5.74) is 9.99. The van der Waals surface area contributed by atoms with Gasteiger partial charge in [-0.15, -0.1) is 0 Å². The van der Waals surface area contributed by atoms with Crippen LogP contribution in [0.15, 0.2) is 0 Å². The molecule has 114 valence electrons. The molecule has 0 radical (unpaired) electrons. The lowest BCUT2D eigenvalue weighted by Crippen LogP contribution is -2.40. The second-order valence-electron chi connectivity index (χ2n) is 6.48. The van der Waals surface area contributed by atoms with Crippen molar-refractivity contribution in [3.63, 3.8) is 0 Å². The van der Waals surface area contributed by atoms with Crippen molar-refractivity contribution in [3.8, 4) is 0 Å². The minimum atomic E-state index is 0.427. The van der Waals surface area contributed by atoms with Crippen LogP contribution in [0.1, 0.15) is 56.1 Å². The molecule has 1 fully saturated rings. The van der Waals surface area contributed by atoms with Crippen LogP contribution in [-0.2, 0) is 7.05 Å². The van der Waals surface area contributed by atoms with Gasteiger partial charge in [0.15, 0.2) is 0 Å². The van der Waals surface area contributed by atoms with Crippen LogP contribution in [0.25, 0.3) is 0 Å². The highest BCUT2D eigenvalue weighted by Crippen LogP contribution is 2.38. The predicted molar refractivity (Wildman–Crippen MR) is 83.7 cm³/mol. The van der Waals surface area contributed by atoms with Crippen LogP contribution in [-0.4, -0.2) is 33.8 Å². The summed E-state index contributed by atoms with van der Waals surface area (Å²) in [5, 5.41) is 4.63. The number of hydrogen-bond donors (Lipinski definition) is 1. The number of nitrogens with two attached hydrogens (primary N) is 1. The topological polar surface area (TPSA) is 47.1 Å². The normalized spacial score (nSPS) is 25.1. The smallest absolute Gasteiger partial charge is 0.0644 e. The first kappa shape index (κ1) is 15.5. The summed E-state index contributed by atoms with van der Waals surface area (Å²) in [7, 11) is 2.04. The van der Waals surface area contributed by atoms with Crippen molar-refractivity contribution in [1.82, 2.24) is 14.7 Å². The van der Waals surface area contributed by atoms with Gasteiger partial charge in [0.1, 0.15) is 0 Å². The van der Waals surface area contributed by atoms with E-state index < -0.39 is 0 Å². The van der Waals surface area contributed by atoms with Crippen molar-refractivity contribution in [1.29, 1.82) is 0 Å². The second kappa shape index (κ2) is 6.27. The number of likely N-dealkylation sites (tertiary alicyclic amines) is 1. The van der Waals surface area contributed by atoms with Gasteiger partial charge < -0.3 is 5.73 Å². The summed E-state index contributed by atoms with van der Waals surface area (Å²) < 4.78 is 2.02. The van der Waals surface area contributed by atoms with E-state index in [4.69, 9.17) is 5.73 Å². The molecule has 4 nitrogen and oxygen atoms in total. The van der Waals surface area contributed by atoms with E-state index in [1.54, 1.807) is 0 Å². The zero-order valence-corrected chi connectivity index (χ0v) is 13.7. The fourth-order valence-electron chi connectivity index (χ4n) is 3.71. The standard InChI is InChI=1S/C16H30N4/c1-11(2)20-9-7-6-8-14(10-17)16(20)15-12(3)18-19(5)13(15)4/h11,14,16H,6-10,17H2,1-5H3. The van der Waals surface area contributed by atoms with E-state index in [1.165, 1.54) is 42.8 Å². The molecule has 1 aliphatic heterocycles. The summed E-state index contributed by atoms with van der Waals surface area (Å²) in [6.45, 7) is 10.9. The van der Waals surface area contributed by atoms with Gasteiger partial charge in [-0.25, -0.2) is 0 Å². The molecule has 0 amide bonds. The highest BCUT2D eigenvalue weighted by atomic mass is 15.3. The Morgan fingerprint density at radius 3 is 2.50 bits per heavy atom. The molecular formula is C16H30N4. The average Bonchev–Trinajstić information content (AvgIpc) is 2.58. The third-order valence-corrected chi connectivity index (χ3v) is 4.87. The quantitative estimate of drug-likeness (QED) is 0.924. The number of rotatable bonds is 3.